The summed E-state index contributed by atoms with van der Waals surface area (Å²) in [6, 6.07) is 20.6. The molecule has 0 fully saturated rings. The maximum absolute atomic E-state index is 13.4. The number of hydrogen-bond acceptors (Lipinski definition) is 6. The molecule has 0 saturated heterocycles. The number of para-hydroxylation sites is 2. The van der Waals surface area contributed by atoms with E-state index >= 15 is 0 Å². The number of benzene rings is 3. The van der Waals surface area contributed by atoms with Crippen LogP contribution < -0.4 is 11.1 Å². The van der Waals surface area contributed by atoms with E-state index in [0.717, 1.165) is 10.2 Å². The summed E-state index contributed by atoms with van der Waals surface area (Å²) in [4.78, 5) is 22.5. The quantitative estimate of drug-likeness (QED) is 0.351. The normalized spacial score (nSPS) is 17.2. The third kappa shape index (κ3) is 4.37. The largest absolute Gasteiger partial charge is 0.400 e. The van der Waals surface area contributed by atoms with Gasteiger partial charge in [-0.05, 0) is 48.5 Å². The fraction of sp³-hybridized carbons (Fsp3) is 0.0417. The van der Waals surface area contributed by atoms with Crippen LogP contribution in [0.1, 0.15) is 5.01 Å². The van der Waals surface area contributed by atoms with Gasteiger partial charge in [0.05, 0.1) is 32.2 Å². The predicted octanol–water partition coefficient (Wildman–Crippen LogP) is 6.24. The molecular formula is C24H16ClFN4OS2. The van der Waals surface area contributed by atoms with Crippen molar-refractivity contribution in [2.45, 2.75) is 5.25 Å². The summed E-state index contributed by atoms with van der Waals surface area (Å²) in [6.07, 6.45) is 0. The number of carbonyl (C=O) groups excluding carboxylic acids is 1. The first kappa shape index (κ1) is 21.6. The van der Waals surface area contributed by atoms with Crippen molar-refractivity contribution in [3.63, 3.8) is 0 Å². The number of thiazole rings is 1. The molecule has 1 aromatic heterocycles. The Kier molecular flexibility index (Phi) is 5.88. The Bertz CT molecular complexity index is 1400. The van der Waals surface area contributed by atoms with Crippen LogP contribution in [0, 0.1) is 5.82 Å². The van der Waals surface area contributed by atoms with Crippen molar-refractivity contribution in [2.24, 2.45) is 10.7 Å². The summed E-state index contributed by atoms with van der Waals surface area (Å²) in [5.41, 5.74) is 9.41. The monoisotopic (exact) mass is 494 g/mol. The van der Waals surface area contributed by atoms with Crippen molar-refractivity contribution in [2.75, 3.05) is 5.32 Å². The van der Waals surface area contributed by atoms with E-state index < -0.39 is 5.25 Å². The van der Waals surface area contributed by atoms with Crippen LogP contribution in [0.5, 0.6) is 0 Å². The van der Waals surface area contributed by atoms with Crippen molar-refractivity contribution in [3.8, 4) is 0 Å². The molecule has 0 bridgehead atoms. The second-order valence-corrected chi connectivity index (χ2v) is 9.71. The number of halogens is 2. The van der Waals surface area contributed by atoms with Gasteiger partial charge in [-0.1, -0.05) is 47.6 Å². The molecule has 5 nitrogen and oxygen atoms in total. The summed E-state index contributed by atoms with van der Waals surface area (Å²) in [6.45, 7) is 0. The molecule has 1 atom stereocenters. The van der Waals surface area contributed by atoms with E-state index in [4.69, 9.17) is 22.3 Å². The van der Waals surface area contributed by atoms with E-state index in [1.54, 1.807) is 36.4 Å². The fourth-order valence-electron chi connectivity index (χ4n) is 3.35. The van der Waals surface area contributed by atoms with Crippen molar-refractivity contribution >= 4 is 72.8 Å². The number of aromatic nitrogens is 1. The molecule has 2 heterocycles. The third-order valence-electron chi connectivity index (χ3n) is 4.95. The van der Waals surface area contributed by atoms with Gasteiger partial charge in [0.15, 0.2) is 0 Å². The van der Waals surface area contributed by atoms with Gasteiger partial charge in [-0.3, -0.25) is 4.79 Å². The Hall–Kier alpha value is -3.20. The standard InChI is InChI=1S/C24H16ClFN4OS2/c25-15-5-1-2-6-16(15)29-22(31)21-20(27)19(24-30-17-7-3-4-8-18(17)32-24)23(33-21)28-14-11-9-13(26)10-12-14/h1-12,21H,27H2,(H,29,31)/t21-/m1/s1. The molecule has 0 aliphatic carbocycles. The highest BCUT2D eigenvalue weighted by molar-refractivity contribution is 8.16. The van der Waals surface area contributed by atoms with Gasteiger partial charge >= 0.3 is 0 Å². The van der Waals surface area contributed by atoms with Crippen molar-refractivity contribution in [1.82, 2.24) is 4.98 Å². The molecular weight excluding hydrogens is 479 g/mol. The predicted molar refractivity (Wildman–Crippen MR) is 136 cm³/mol. The second kappa shape index (κ2) is 8.97. The summed E-state index contributed by atoms with van der Waals surface area (Å²) in [5.74, 6) is -0.662. The zero-order valence-electron chi connectivity index (χ0n) is 17.0. The van der Waals surface area contributed by atoms with Gasteiger partial charge in [-0.25, -0.2) is 14.4 Å². The maximum atomic E-state index is 13.4. The maximum Gasteiger partial charge on any atom is 0.244 e. The van der Waals surface area contributed by atoms with E-state index in [-0.39, 0.29) is 11.7 Å². The van der Waals surface area contributed by atoms with Crippen LogP contribution in [0.2, 0.25) is 5.02 Å². The lowest BCUT2D eigenvalue weighted by atomic mass is 10.1. The number of thioether (sulfide) groups is 1. The van der Waals surface area contributed by atoms with Crippen LogP contribution >= 0.6 is 34.7 Å². The Morgan fingerprint density at radius 2 is 1.79 bits per heavy atom. The van der Waals surface area contributed by atoms with Crippen molar-refractivity contribution < 1.29 is 9.18 Å². The first-order chi connectivity index (χ1) is 16.0. The number of aliphatic imine (C=N–C) groups is 1. The average molecular weight is 495 g/mol. The lowest BCUT2D eigenvalue weighted by Gasteiger charge is -2.12. The van der Waals surface area contributed by atoms with Gasteiger partial charge in [0, 0.05) is 5.70 Å². The number of nitrogens with two attached hydrogens (primary N) is 1. The second-order valence-electron chi connectivity index (χ2n) is 7.18. The molecule has 3 N–H and O–H groups in total. The van der Waals surface area contributed by atoms with Crippen LogP contribution in [-0.4, -0.2) is 21.2 Å². The lowest BCUT2D eigenvalue weighted by Crippen LogP contribution is -2.28. The number of nitrogens with one attached hydrogen (secondary N) is 1. The molecule has 1 aliphatic rings. The minimum atomic E-state index is -0.720. The minimum absolute atomic E-state index is 0.312. The smallest absolute Gasteiger partial charge is 0.244 e. The summed E-state index contributed by atoms with van der Waals surface area (Å²) in [7, 11) is 0. The SMILES string of the molecule is NC1=C(c2nc3ccccc3s2)C(=Nc2ccc(F)cc2)S[C@H]1C(=O)Nc1ccccc1Cl. The molecule has 0 unspecified atom stereocenters. The highest BCUT2D eigenvalue weighted by Gasteiger charge is 2.37. The van der Waals surface area contributed by atoms with Gasteiger partial charge in [0.1, 0.15) is 21.1 Å². The lowest BCUT2D eigenvalue weighted by molar-refractivity contribution is -0.115. The van der Waals surface area contributed by atoms with Gasteiger partial charge < -0.3 is 11.1 Å². The molecule has 3 aromatic carbocycles. The third-order valence-corrected chi connectivity index (χ3v) is 7.56. The van der Waals surface area contributed by atoms with Crippen LogP contribution in [0.15, 0.2) is 83.5 Å². The highest BCUT2D eigenvalue weighted by atomic mass is 35.5. The van der Waals surface area contributed by atoms with Crippen molar-refractivity contribution in [3.05, 3.63) is 94.3 Å². The van der Waals surface area contributed by atoms with E-state index in [2.05, 4.69) is 10.3 Å². The van der Waals surface area contributed by atoms with Crippen LogP contribution in [-0.2, 0) is 4.79 Å². The van der Waals surface area contributed by atoms with E-state index in [9.17, 15) is 9.18 Å². The molecule has 4 aromatic rings. The number of nitrogens with zero attached hydrogens (tertiary/aromatic N) is 2. The number of anilines is 1. The summed E-state index contributed by atoms with van der Waals surface area (Å²) < 4.78 is 14.4. The number of fused-ring (bicyclic) bond motifs is 1. The first-order valence-electron chi connectivity index (χ1n) is 9.92. The number of hydrogen-bond donors (Lipinski definition) is 2. The summed E-state index contributed by atoms with van der Waals surface area (Å²) >= 11 is 8.91. The molecule has 0 saturated carbocycles. The minimum Gasteiger partial charge on any atom is -0.400 e. The molecule has 9 heteroatoms. The zero-order chi connectivity index (χ0) is 22.9. The Morgan fingerprint density at radius 3 is 2.55 bits per heavy atom. The molecule has 0 spiro atoms. The molecule has 0 radical (unpaired) electrons. The van der Waals surface area contributed by atoms with Gasteiger partial charge in [-0.15, -0.1) is 11.3 Å². The van der Waals surface area contributed by atoms with E-state index in [1.165, 1.54) is 35.2 Å². The molecule has 164 valence electrons. The number of carbonyl (C=O) groups is 1. The van der Waals surface area contributed by atoms with Gasteiger partial charge in [0.25, 0.3) is 0 Å². The number of rotatable bonds is 4. The zero-order valence-corrected chi connectivity index (χ0v) is 19.3. The molecule has 5 rings (SSSR count). The molecule has 33 heavy (non-hydrogen) atoms. The Morgan fingerprint density at radius 1 is 1.06 bits per heavy atom. The van der Waals surface area contributed by atoms with E-state index in [1.807, 2.05) is 24.3 Å². The number of amides is 1. The fourth-order valence-corrected chi connectivity index (χ4v) is 5.76. The summed E-state index contributed by atoms with van der Waals surface area (Å²) in [5, 5.41) is 3.79. The first-order valence-corrected chi connectivity index (χ1v) is 12.0. The van der Waals surface area contributed by atoms with Crippen LogP contribution in [0.4, 0.5) is 15.8 Å². The van der Waals surface area contributed by atoms with Crippen molar-refractivity contribution in [1.29, 1.82) is 0 Å². The van der Waals surface area contributed by atoms with Gasteiger partial charge in [-0.2, -0.15) is 0 Å². The Labute approximate surface area is 202 Å². The van der Waals surface area contributed by atoms with Crippen LogP contribution in [0.25, 0.3) is 15.8 Å². The molecule has 1 amide bonds. The Balaban J connectivity index is 1.56. The highest BCUT2D eigenvalue weighted by Crippen LogP contribution is 2.42. The van der Waals surface area contributed by atoms with E-state index in [0.29, 0.717) is 37.7 Å². The van der Waals surface area contributed by atoms with Crippen LogP contribution in [0.3, 0.4) is 0 Å². The van der Waals surface area contributed by atoms with Gasteiger partial charge in [0.2, 0.25) is 5.91 Å². The topological polar surface area (TPSA) is 80.4 Å². The average Bonchev–Trinajstić information content (AvgIpc) is 3.37. The molecule has 1 aliphatic heterocycles.